The van der Waals surface area contributed by atoms with Crippen LogP contribution in [0, 0.1) is 0 Å². The molecule has 0 aromatic carbocycles. The van der Waals surface area contributed by atoms with E-state index in [0.29, 0.717) is 9.90 Å². The van der Waals surface area contributed by atoms with Gasteiger partial charge in [-0.15, -0.1) is 11.3 Å². The van der Waals surface area contributed by atoms with E-state index >= 15 is 0 Å². The highest BCUT2D eigenvalue weighted by atomic mass is 35.5. The summed E-state index contributed by atoms with van der Waals surface area (Å²) in [6, 6.07) is 1.09. The summed E-state index contributed by atoms with van der Waals surface area (Å²) in [7, 11) is 3.43. The minimum atomic E-state index is -0.884. The van der Waals surface area contributed by atoms with Crippen LogP contribution in [0.25, 0.3) is 0 Å². The highest BCUT2D eigenvalue weighted by Gasteiger charge is 2.24. The Labute approximate surface area is 85.6 Å². The number of likely N-dealkylation sites (N-methyl/N-ethyl adjacent to an activating group) is 1. The van der Waals surface area contributed by atoms with Crippen molar-refractivity contribution in [2.24, 2.45) is 0 Å². The van der Waals surface area contributed by atoms with Crippen molar-refractivity contribution in [2.45, 2.75) is 6.04 Å². The monoisotopic (exact) mass is 219 g/mol. The first-order valence-electron chi connectivity index (χ1n) is 3.66. The normalized spacial score (nSPS) is 13.2. The van der Waals surface area contributed by atoms with Crippen molar-refractivity contribution in [3.8, 4) is 0 Å². The van der Waals surface area contributed by atoms with E-state index in [1.165, 1.54) is 11.3 Å². The molecule has 0 amide bonds. The van der Waals surface area contributed by atoms with E-state index in [-0.39, 0.29) is 0 Å². The molecular formula is C8H10ClNO2S. The molecule has 0 saturated heterocycles. The standard InChI is InChI=1S/C8H10ClNO2S/c1-10(2)6(8(11)12)5-3-4-13-7(5)9/h3-4,6H,1-2H3,(H,11,12). The van der Waals surface area contributed by atoms with Gasteiger partial charge in [0.05, 0.1) is 4.34 Å². The van der Waals surface area contributed by atoms with Gasteiger partial charge in [-0.2, -0.15) is 0 Å². The molecule has 1 unspecified atom stereocenters. The molecule has 1 atom stereocenters. The van der Waals surface area contributed by atoms with Crippen LogP contribution in [0.3, 0.4) is 0 Å². The van der Waals surface area contributed by atoms with Gasteiger partial charge >= 0.3 is 5.97 Å². The molecule has 0 bridgehead atoms. The zero-order chi connectivity index (χ0) is 10.0. The van der Waals surface area contributed by atoms with Gasteiger partial charge in [-0.1, -0.05) is 11.6 Å². The molecule has 0 radical (unpaired) electrons. The van der Waals surface area contributed by atoms with Crippen LogP contribution in [-0.4, -0.2) is 30.1 Å². The summed E-state index contributed by atoms with van der Waals surface area (Å²) < 4.78 is 0.543. The van der Waals surface area contributed by atoms with Gasteiger partial charge in [0.2, 0.25) is 0 Å². The molecule has 1 aromatic rings. The summed E-state index contributed by atoms with van der Waals surface area (Å²) in [5, 5.41) is 10.7. The number of carboxylic acids is 1. The Bertz CT molecular complexity index is 311. The Morgan fingerprint density at radius 2 is 2.31 bits per heavy atom. The van der Waals surface area contributed by atoms with Crippen LogP contribution in [0.1, 0.15) is 11.6 Å². The first-order valence-corrected chi connectivity index (χ1v) is 4.92. The smallest absolute Gasteiger partial charge is 0.325 e. The second-order valence-corrected chi connectivity index (χ2v) is 4.37. The molecule has 0 aliphatic heterocycles. The highest BCUT2D eigenvalue weighted by Crippen LogP contribution is 2.30. The number of halogens is 1. The average molecular weight is 220 g/mol. The molecule has 1 N–H and O–H groups in total. The summed E-state index contributed by atoms with van der Waals surface area (Å²) in [6.07, 6.45) is 0. The van der Waals surface area contributed by atoms with Crippen molar-refractivity contribution < 1.29 is 9.90 Å². The fourth-order valence-electron chi connectivity index (χ4n) is 1.13. The maximum absolute atomic E-state index is 10.9. The van der Waals surface area contributed by atoms with Crippen molar-refractivity contribution in [3.63, 3.8) is 0 Å². The van der Waals surface area contributed by atoms with Crippen molar-refractivity contribution >= 4 is 28.9 Å². The lowest BCUT2D eigenvalue weighted by molar-refractivity contribution is -0.142. The Hall–Kier alpha value is -0.580. The van der Waals surface area contributed by atoms with Crippen LogP contribution in [0.5, 0.6) is 0 Å². The predicted octanol–water partition coefficient (Wildman–Crippen LogP) is 2.09. The van der Waals surface area contributed by atoms with Crippen molar-refractivity contribution in [1.29, 1.82) is 0 Å². The number of aliphatic carboxylic acids is 1. The van der Waals surface area contributed by atoms with Crippen molar-refractivity contribution in [1.82, 2.24) is 4.90 Å². The molecule has 3 nitrogen and oxygen atoms in total. The second-order valence-electron chi connectivity index (χ2n) is 2.85. The van der Waals surface area contributed by atoms with E-state index in [0.717, 1.165) is 0 Å². The minimum Gasteiger partial charge on any atom is -0.480 e. The van der Waals surface area contributed by atoms with Gasteiger partial charge < -0.3 is 5.11 Å². The molecule has 5 heteroatoms. The Kier molecular flexibility index (Phi) is 3.30. The number of hydrogen-bond donors (Lipinski definition) is 1. The fraction of sp³-hybridized carbons (Fsp3) is 0.375. The second kappa shape index (κ2) is 4.09. The van der Waals surface area contributed by atoms with E-state index in [1.807, 2.05) is 0 Å². The number of thiophene rings is 1. The van der Waals surface area contributed by atoms with Crippen LogP contribution >= 0.6 is 22.9 Å². The van der Waals surface area contributed by atoms with Crippen LogP contribution in [0.2, 0.25) is 4.34 Å². The minimum absolute atomic E-state index is 0.543. The van der Waals surface area contributed by atoms with E-state index in [4.69, 9.17) is 16.7 Å². The van der Waals surface area contributed by atoms with Crippen molar-refractivity contribution in [3.05, 3.63) is 21.3 Å². The third-order valence-corrected chi connectivity index (χ3v) is 2.89. The molecule has 0 fully saturated rings. The average Bonchev–Trinajstić information content (AvgIpc) is 2.35. The Morgan fingerprint density at radius 1 is 1.69 bits per heavy atom. The lowest BCUT2D eigenvalue weighted by atomic mass is 10.1. The number of rotatable bonds is 3. The van der Waals surface area contributed by atoms with E-state index in [1.54, 1.807) is 30.4 Å². The number of carbonyl (C=O) groups is 1. The predicted molar refractivity (Wildman–Crippen MR) is 53.4 cm³/mol. The third kappa shape index (κ3) is 2.21. The van der Waals surface area contributed by atoms with Crippen LogP contribution in [0.4, 0.5) is 0 Å². The SMILES string of the molecule is CN(C)C(C(=O)O)c1ccsc1Cl. The van der Waals surface area contributed by atoms with E-state index < -0.39 is 12.0 Å². The van der Waals surface area contributed by atoms with Gasteiger partial charge in [-0.05, 0) is 25.5 Å². The molecule has 0 aliphatic carbocycles. The number of hydrogen-bond acceptors (Lipinski definition) is 3. The quantitative estimate of drug-likeness (QED) is 0.847. The molecule has 1 rings (SSSR count). The molecule has 0 saturated carbocycles. The summed E-state index contributed by atoms with van der Waals surface area (Å²) in [5.74, 6) is -0.884. The maximum Gasteiger partial charge on any atom is 0.325 e. The summed E-state index contributed by atoms with van der Waals surface area (Å²) in [6.45, 7) is 0. The molecular weight excluding hydrogens is 210 g/mol. The van der Waals surface area contributed by atoms with Gasteiger partial charge in [0.1, 0.15) is 6.04 Å². The number of nitrogens with zero attached hydrogens (tertiary/aromatic N) is 1. The largest absolute Gasteiger partial charge is 0.480 e. The first kappa shape index (κ1) is 10.5. The molecule has 0 spiro atoms. The van der Waals surface area contributed by atoms with Crippen molar-refractivity contribution in [2.75, 3.05) is 14.1 Å². The van der Waals surface area contributed by atoms with Gasteiger partial charge in [-0.25, -0.2) is 0 Å². The first-order chi connectivity index (χ1) is 6.04. The van der Waals surface area contributed by atoms with Crippen LogP contribution < -0.4 is 0 Å². The van der Waals surface area contributed by atoms with E-state index in [2.05, 4.69) is 0 Å². The maximum atomic E-state index is 10.9. The molecule has 13 heavy (non-hydrogen) atoms. The zero-order valence-corrected chi connectivity index (χ0v) is 8.89. The van der Waals surface area contributed by atoms with Gasteiger partial charge in [0.25, 0.3) is 0 Å². The molecule has 72 valence electrons. The molecule has 1 aromatic heterocycles. The third-order valence-electron chi connectivity index (χ3n) is 1.69. The molecule has 0 aliphatic rings. The molecule has 1 heterocycles. The highest BCUT2D eigenvalue weighted by molar-refractivity contribution is 7.14. The summed E-state index contributed by atoms with van der Waals surface area (Å²) >= 11 is 7.19. The number of carboxylic acid groups (broad SMARTS) is 1. The van der Waals surface area contributed by atoms with Gasteiger partial charge in [0.15, 0.2) is 0 Å². The zero-order valence-electron chi connectivity index (χ0n) is 7.32. The van der Waals surface area contributed by atoms with Gasteiger partial charge in [0, 0.05) is 5.56 Å². The van der Waals surface area contributed by atoms with Crippen LogP contribution in [0.15, 0.2) is 11.4 Å². The topological polar surface area (TPSA) is 40.5 Å². The summed E-state index contributed by atoms with van der Waals surface area (Å²) in [4.78, 5) is 12.5. The lowest BCUT2D eigenvalue weighted by Gasteiger charge is -2.19. The Morgan fingerprint density at radius 3 is 2.62 bits per heavy atom. The fourth-order valence-corrected chi connectivity index (χ4v) is 2.10. The van der Waals surface area contributed by atoms with Crippen LogP contribution in [-0.2, 0) is 4.79 Å². The Balaban J connectivity index is 3.02. The van der Waals surface area contributed by atoms with Gasteiger partial charge in [-0.3, -0.25) is 9.69 Å². The van der Waals surface area contributed by atoms with E-state index in [9.17, 15) is 4.79 Å². The summed E-state index contributed by atoms with van der Waals surface area (Å²) in [5.41, 5.74) is 0.657. The lowest BCUT2D eigenvalue weighted by Crippen LogP contribution is -2.27.